The lowest BCUT2D eigenvalue weighted by atomic mass is 10.0. The molecule has 0 heterocycles. The molecule has 0 aliphatic heterocycles. The molecule has 0 bridgehead atoms. The van der Waals surface area contributed by atoms with Crippen molar-refractivity contribution in [3.63, 3.8) is 0 Å². The maximum absolute atomic E-state index is 9.61. The molecule has 0 aliphatic rings. The average Bonchev–Trinajstić information content (AvgIpc) is 3.00. The van der Waals surface area contributed by atoms with Crippen molar-refractivity contribution in [2.45, 2.75) is 218 Å². The summed E-state index contributed by atoms with van der Waals surface area (Å²) in [4.78, 5) is 0. The Morgan fingerprint density at radius 2 is 0.548 bits per heavy atom. The summed E-state index contributed by atoms with van der Waals surface area (Å²) in [6.45, 7) is 4.28. The molecule has 0 amide bonds. The maximum atomic E-state index is 9.61. The minimum atomic E-state index is -0.539. The highest BCUT2D eigenvalue weighted by Crippen LogP contribution is 2.15. The molecule has 0 spiro atoms. The Bertz CT molecular complexity index is 441. The molecule has 0 radical (unpaired) electrons. The molecule has 0 aromatic heterocycles. The predicted molar refractivity (Wildman–Crippen MR) is 183 cm³/mol. The lowest BCUT2D eigenvalue weighted by molar-refractivity contribution is 0.0986. The molecule has 0 aromatic carbocycles. The number of hydrogen-bond acceptors (Lipinski definition) is 6. The zero-order valence-corrected chi connectivity index (χ0v) is 28.5. The Morgan fingerprint density at radius 3 is 0.738 bits per heavy atom. The number of aliphatic hydroxyl groups excluding tert-OH is 4. The molecule has 0 fully saturated rings. The summed E-state index contributed by atoms with van der Waals surface area (Å²) in [5.41, 5.74) is 11.1. The van der Waals surface area contributed by atoms with Crippen LogP contribution in [0.25, 0.3) is 0 Å². The fraction of sp³-hybridized carbons (Fsp3) is 1.00. The van der Waals surface area contributed by atoms with Crippen LogP contribution in [-0.2, 0) is 0 Å². The Labute approximate surface area is 262 Å². The van der Waals surface area contributed by atoms with Crippen LogP contribution in [0.4, 0.5) is 0 Å². The van der Waals surface area contributed by atoms with E-state index in [1.54, 1.807) is 0 Å². The smallest absolute Gasteiger partial charge is 0.0713 e. The van der Waals surface area contributed by atoms with E-state index in [0.717, 1.165) is 25.7 Å². The quantitative estimate of drug-likeness (QED) is 0.0429. The van der Waals surface area contributed by atoms with E-state index in [-0.39, 0.29) is 13.2 Å². The fourth-order valence-corrected chi connectivity index (χ4v) is 5.41. The summed E-state index contributed by atoms with van der Waals surface area (Å²) in [5.74, 6) is 0. The molecule has 0 aliphatic carbocycles. The summed E-state index contributed by atoms with van der Waals surface area (Å²) in [5, 5.41) is 36.9. The number of aliphatic hydroxyl groups is 4. The van der Waals surface area contributed by atoms with Gasteiger partial charge in [0.25, 0.3) is 0 Å². The molecular formula is C36H78N2O4. The van der Waals surface area contributed by atoms with Crippen LogP contribution < -0.4 is 11.5 Å². The van der Waals surface area contributed by atoms with Crippen LogP contribution in [0.5, 0.6) is 0 Å². The molecule has 0 saturated carbocycles. The number of rotatable bonds is 32. The van der Waals surface area contributed by atoms with E-state index in [1.807, 2.05) is 0 Å². The molecule has 4 atom stereocenters. The second kappa shape index (κ2) is 36.9. The zero-order chi connectivity index (χ0) is 31.5. The lowest BCUT2D eigenvalue weighted by Gasteiger charge is -2.15. The number of nitrogens with two attached hydrogens (primary N) is 2. The Kier molecular flexibility index (Phi) is 38.6. The van der Waals surface area contributed by atoms with Gasteiger partial charge in [-0.05, 0) is 12.8 Å². The van der Waals surface area contributed by atoms with Gasteiger partial charge in [0.2, 0.25) is 0 Å². The molecule has 8 N–H and O–H groups in total. The van der Waals surface area contributed by atoms with Crippen molar-refractivity contribution in [1.82, 2.24) is 0 Å². The summed E-state index contributed by atoms with van der Waals surface area (Å²) in [7, 11) is 0. The molecule has 0 rings (SSSR count). The van der Waals surface area contributed by atoms with Crippen molar-refractivity contribution in [2.24, 2.45) is 11.5 Å². The topological polar surface area (TPSA) is 133 Å². The van der Waals surface area contributed by atoms with Crippen LogP contribution in [0.3, 0.4) is 0 Å². The standard InChI is InChI=1S/2C18H39NO2/c2*1-2-3-4-5-6-7-8-9-10-11-12-13-14-15-18(21)17(19)16-20/h2*17-18,20-21H,2-16,19H2,1H3/t2*17-,18-/m00/s1. The first kappa shape index (κ1) is 43.9. The largest absolute Gasteiger partial charge is 0.395 e. The van der Waals surface area contributed by atoms with E-state index >= 15 is 0 Å². The summed E-state index contributed by atoms with van der Waals surface area (Å²) in [6, 6.07) is -0.940. The minimum absolute atomic E-state index is 0.125. The van der Waals surface area contributed by atoms with Crippen molar-refractivity contribution >= 4 is 0 Å². The second-order valence-corrected chi connectivity index (χ2v) is 12.9. The third-order valence-electron chi connectivity index (χ3n) is 8.62. The zero-order valence-electron chi connectivity index (χ0n) is 28.5. The van der Waals surface area contributed by atoms with Crippen molar-refractivity contribution < 1.29 is 20.4 Å². The molecular weight excluding hydrogens is 524 g/mol. The van der Waals surface area contributed by atoms with Gasteiger partial charge in [0.1, 0.15) is 0 Å². The van der Waals surface area contributed by atoms with E-state index in [9.17, 15) is 10.2 Å². The van der Waals surface area contributed by atoms with Gasteiger partial charge >= 0.3 is 0 Å². The minimum Gasteiger partial charge on any atom is -0.395 e. The van der Waals surface area contributed by atoms with Gasteiger partial charge in [-0.3, -0.25) is 0 Å². The first-order valence-electron chi connectivity index (χ1n) is 18.5. The normalized spacial score (nSPS) is 14.3. The molecule has 0 unspecified atom stereocenters. The molecule has 0 saturated heterocycles. The molecule has 6 heteroatoms. The van der Waals surface area contributed by atoms with Crippen molar-refractivity contribution in [3.8, 4) is 0 Å². The fourth-order valence-electron chi connectivity index (χ4n) is 5.41. The highest BCUT2D eigenvalue weighted by Gasteiger charge is 2.13. The first-order chi connectivity index (χ1) is 20.4. The Hall–Kier alpha value is -0.240. The van der Waals surface area contributed by atoms with Crippen molar-refractivity contribution in [2.75, 3.05) is 13.2 Å². The monoisotopic (exact) mass is 603 g/mol. The SMILES string of the molecule is CCCCCCCCCCCCCCC[C@H](O)[C@@H](N)CO.CCCCCCCCCCCCCCC[C@H](O)[C@@H](N)CO. The van der Waals surface area contributed by atoms with Gasteiger partial charge in [-0.25, -0.2) is 0 Å². The number of unbranched alkanes of at least 4 members (excludes halogenated alkanes) is 24. The average molecular weight is 603 g/mol. The van der Waals surface area contributed by atoms with Gasteiger partial charge in [-0.15, -0.1) is 0 Å². The van der Waals surface area contributed by atoms with Gasteiger partial charge < -0.3 is 31.9 Å². The summed E-state index contributed by atoms with van der Waals surface area (Å²) in [6.07, 6.45) is 35.0. The molecule has 6 nitrogen and oxygen atoms in total. The Morgan fingerprint density at radius 1 is 0.357 bits per heavy atom. The van der Waals surface area contributed by atoms with Crippen molar-refractivity contribution in [1.29, 1.82) is 0 Å². The van der Waals surface area contributed by atoms with Crippen molar-refractivity contribution in [3.05, 3.63) is 0 Å². The van der Waals surface area contributed by atoms with Gasteiger partial charge in [0, 0.05) is 0 Å². The van der Waals surface area contributed by atoms with E-state index in [1.165, 1.54) is 154 Å². The van der Waals surface area contributed by atoms with E-state index < -0.39 is 24.3 Å². The van der Waals surface area contributed by atoms with E-state index in [4.69, 9.17) is 21.7 Å². The lowest BCUT2D eigenvalue weighted by Crippen LogP contribution is -2.37. The third kappa shape index (κ3) is 34.3. The van der Waals surface area contributed by atoms with E-state index in [0.29, 0.717) is 0 Å². The summed E-state index contributed by atoms with van der Waals surface area (Å²) >= 11 is 0. The van der Waals surface area contributed by atoms with Crippen LogP contribution in [-0.4, -0.2) is 57.9 Å². The van der Waals surface area contributed by atoms with E-state index in [2.05, 4.69) is 13.8 Å². The third-order valence-corrected chi connectivity index (χ3v) is 8.62. The highest BCUT2D eigenvalue weighted by atomic mass is 16.3. The molecule has 256 valence electrons. The maximum Gasteiger partial charge on any atom is 0.0713 e. The van der Waals surface area contributed by atoms with Gasteiger partial charge in [0.05, 0.1) is 37.5 Å². The van der Waals surface area contributed by atoms with Gasteiger partial charge in [0.15, 0.2) is 0 Å². The summed E-state index contributed by atoms with van der Waals surface area (Å²) < 4.78 is 0. The van der Waals surface area contributed by atoms with Crippen LogP contribution in [0.15, 0.2) is 0 Å². The van der Waals surface area contributed by atoms with Crippen LogP contribution in [0.2, 0.25) is 0 Å². The molecule has 42 heavy (non-hydrogen) atoms. The second-order valence-electron chi connectivity index (χ2n) is 12.9. The van der Waals surface area contributed by atoms with Gasteiger partial charge in [-0.2, -0.15) is 0 Å². The van der Waals surface area contributed by atoms with Gasteiger partial charge in [-0.1, -0.05) is 181 Å². The predicted octanol–water partition coefficient (Wildman–Crippen LogP) is 8.30. The van der Waals surface area contributed by atoms with Crippen LogP contribution in [0.1, 0.15) is 194 Å². The van der Waals surface area contributed by atoms with Crippen LogP contribution in [0, 0.1) is 0 Å². The first-order valence-corrected chi connectivity index (χ1v) is 18.5. The number of hydrogen-bond donors (Lipinski definition) is 6. The van der Waals surface area contributed by atoms with Crippen LogP contribution >= 0.6 is 0 Å². The molecule has 0 aromatic rings. The Balaban J connectivity index is 0. The highest BCUT2D eigenvalue weighted by molar-refractivity contribution is 4.71.